The van der Waals surface area contributed by atoms with Gasteiger partial charge < -0.3 is 4.90 Å². The molecule has 1 aromatic heterocycles. The summed E-state index contributed by atoms with van der Waals surface area (Å²) in [5.41, 5.74) is 2.43. The summed E-state index contributed by atoms with van der Waals surface area (Å²) in [5.74, 6) is 0.966. The molecule has 0 aliphatic rings. The van der Waals surface area contributed by atoms with E-state index in [1.54, 1.807) is 6.33 Å². The largest absolute Gasteiger partial charge is 0.326 e. The van der Waals surface area contributed by atoms with E-state index in [1.807, 2.05) is 6.20 Å². The number of rotatable bonds is 3. The number of aromatic nitrogens is 2. The Kier molecular flexibility index (Phi) is 3.93. The van der Waals surface area contributed by atoms with Gasteiger partial charge in [0, 0.05) is 18.4 Å². The highest BCUT2D eigenvalue weighted by Crippen LogP contribution is 2.27. The van der Waals surface area contributed by atoms with Crippen molar-refractivity contribution in [1.29, 1.82) is 0 Å². The topological polar surface area (TPSA) is 29.0 Å². The first-order chi connectivity index (χ1) is 8.22. The van der Waals surface area contributed by atoms with Crippen molar-refractivity contribution < 1.29 is 0 Å². The Morgan fingerprint density at radius 1 is 1.35 bits per heavy atom. The lowest BCUT2D eigenvalue weighted by molar-refractivity contribution is 0.967. The summed E-state index contributed by atoms with van der Waals surface area (Å²) in [5, 5.41) is 0. The molecule has 4 heteroatoms. The van der Waals surface area contributed by atoms with Crippen molar-refractivity contribution in [3.8, 4) is 0 Å². The molecule has 0 N–H and O–H groups in total. The molecule has 0 amide bonds. The van der Waals surface area contributed by atoms with Crippen molar-refractivity contribution in [3.63, 3.8) is 0 Å². The summed E-state index contributed by atoms with van der Waals surface area (Å²) >= 11 is 2.27. The molecule has 1 aromatic carbocycles. The van der Waals surface area contributed by atoms with Crippen LogP contribution in [0.25, 0.3) is 0 Å². The number of hydrogen-bond donors (Lipinski definition) is 0. The van der Waals surface area contributed by atoms with E-state index >= 15 is 0 Å². The summed E-state index contributed by atoms with van der Waals surface area (Å²) in [6, 6.07) is 8.44. The average Bonchev–Trinajstić information content (AvgIpc) is 2.33. The minimum atomic E-state index is 0.885. The number of hydrogen-bond acceptors (Lipinski definition) is 3. The molecule has 3 nitrogen and oxygen atoms in total. The molecule has 0 radical (unpaired) electrons. The molecule has 0 saturated carbocycles. The Balaban J connectivity index is 2.44. The van der Waals surface area contributed by atoms with Crippen molar-refractivity contribution in [1.82, 2.24) is 9.97 Å². The van der Waals surface area contributed by atoms with Gasteiger partial charge in [0.2, 0.25) is 0 Å². The van der Waals surface area contributed by atoms with E-state index < -0.39 is 0 Å². The van der Waals surface area contributed by atoms with Gasteiger partial charge in [-0.1, -0.05) is 12.1 Å². The maximum Gasteiger partial charge on any atom is 0.149 e. The van der Waals surface area contributed by atoms with Gasteiger partial charge in [-0.15, -0.1) is 0 Å². The van der Waals surface area contributed by atoms with Gasteiger partial charge >= 0.3 is 0 Å². The molecule has 0 atom stereocenters. The minimum Gasteiger partial charge on any atom is -0.326 e. The molecule has 0 spiro atoms. The summed E-state index contributed by atoms with van der Waals surface area (Å²) in [4.78, 5) is 10.6. The molecule has 0 aliphatic heterocycles. The third-order valence-electron chi connectivity index (χ3n) is 2.53. The quantitative estimate of drug-likeness (QED) is 0.801. The number of nitrogens with zero attached hydrogens (tertiary/aromatic N) is 3. The van der Waals surface area contributed by atoms with Crippen molar-refractivity contribution in [2.24, 2.45) is 0 Å². The van der Waals surface area contributed by atoms with Crippen LogP contribution < -0.4 is 4.90 Å². The van der Waals surface area contributed by atoms with E-state index in [1.165, 1.54) is 11.3 Å². The predicted molar refractivity (Wildman–Crippen MR) is 78.6 cm³/mol. The monoisotopic (exact) mass is 339 g/mol. The lowest BCUT2D eigenvalue weighted by atomic mass is 10.2. The molecule has 0 unspecified atom stereocenters. The average molecular weight is 339 g/mol. The van der Waals surface area contributed by atoms with Crippen LogP contribution >= 0.6 is 22.6 Å². The van der Waals surface area contributed by atoms with Crippen LogP contribution in [0, 0.1) is 10.5 Å². The highest BCUT2D eigenvalue weighted by Gasteiger charge is 2.11. The fourth-order valence-electron chi connectivity index (χ4n) is 1.76. The molecule has 88 valence electrons. The zero-order chi connectivity index (χ0) is 12.3. The second kappa shape index (κ2) is 5.44. The van der Waals surface area contributed by atoms with Gasteiger partial charge in [-0.3, -0.25) is 0 Å². The molecule has 2 rings (SSSR count). The zero-order valence-corrected chi connectivity index (χ0v) is 12.0. The standard InChI is InChI=1S/C13H14IN3/c1-3-17(11-6-4-5-10(2)7-11)13-12(14)8-15-9-16-13/h4-9H,3H2,1-2H3. The molecular formula is C13H14IN3. The van der Waals surface area contributed by atoms with Crippen LogP contribution in [0.1, 0.15) is 12.5 Å². The Hall–Kier alpha value is -1.17. The van der Waals surface area contributed by atoms with Gasteiger partial charge in [0.15, 0.2) is 0 Å². The number of benzene rings is 1. The fraction of sp³-hybridized carbons (Fsp3) is 0.231. The lowest BCUT2D eigenvalue weighted by Crippen LogP contribution is -2.18. The van der Waals surface area contributed by atoms with E-state index in [-0.39, 0.29) is 0 Å². The Morgan fingerprint density at radius 2 is 2.18 bits per heavy atom. The third-order valence-corrected chi connectivity index (χ3v) is 3.29. The first-order valence-corrected chi connectivity index (χ1v) is 6.60. The minimum absolute atomic E-state index is 0.885. The van der Waals surface area contributed by atoms with Crippen LogP contribution in [0.5, 0.6) is 0 Å². The van der Waals surface area contributed by atoms with Gasteiger partial charge in [-0.2, -0.15) is 0 Å². The highest BCUT2D eigenvalue weighted by atomic mass is 127. The molecular weight excluding hydrogens is 325 g/mol. The second-order valence-corrected chi connectivity index (χ2v) is 4.94. The van der Waals surface area contributed by atoms with Gasteiger partial charge in [0.05, 0.1) is 3.57 Å². The SMILES string of the molecule is CCN(c1cccc(C)c1)c1ncncc1I. The second-order valence-electron chi connectivity index (χ2n) is 3.78. The molecule has 1 heterocycles. The highest BCUT2D eigenvalue weighted by molar-refractivity contribution is 14.1. The Labute approximate surface area is 115 Å². The fourth-order valence-corrected chi connectivity index (χ4v) is 2.35. The van der Waals surface area contributed by atoms with Crippen molar-refractivity contribution in [2.75, 3.05) is 11.4 Å². The van der Waals surface area contributed by atoms with Crippen LogP contribution in [0.4, 0.5) is 11.5 Å². The maximum absolute atomic E-state index is 4.36. The number of aryl methyl sites for hydroxylation is 1. The maximum atomic E-state index is 4.36. The van der Waals surface area contributed by atoms with E-state index in [0.717, 1.165) is 15.9 Å². The molecule has 0 saturated heterocycles. The zero-order valence-electron chi connectivity index (χ0n) is 9.89. The van der Waals surface area contributed by atoms with E-state index in [2.05, 4.69) is 75.6 Å². The number of anilines is 2. The molecule has 2 aromatic rings. The predicted octanol–water partition coefficient (Wildman–Crippen LogP) is 3.55. The smallest absolute Gasteiger partial charge is 0.149 e. The number of halogens is 1. The van der Waals surface area contributed by atoms with Crippen molar-refractivity contribution in [2.45, 2.75) is 13.8 Å². The third kappa shape index (κ3) is 2.74. The van der Waals surface area contributed by atoms with Gasteiger partial charge in [0.1, 0.15) is 12.1 Å². The summed E-state index contributed by atoms with van der Waals surface area (Å²) in [7, 11) is 0. The van der Waals surface area contributed by atoms with Crippen molar-refractivity contribution >= 4 is 34.1 Å². The molecule has 0 aliphatic carbocycles. The lowest BCUT2D eigenvalue weighted by Gasteiger charge is -2.23. The van der Waals surface area contributed by atoms with Gasteiger partial charge in [0.25, 0.3) is 0 Å². The van der Waals surface area contributed by atoms with E-state index in [4.69, 9.17) is 0 Å². The van der Waals surface area contributed by atoms with Crippen LogP contribution in [-0.2, 0) is 0 Å². The van der Waals surface area contributed by atoms with Gasteiger partial charge in [-0.05, 0) is 54.1 Å². The first-order valence-electron chi connectivity index (χ1n) is 5.52. The van der Waals surface area contributed by atoms with E-state index in [9.17, 15) is 0 Å². The summed E-state index contributed by atoms with van der Waals surface area (Å²) < 4.78 is 1.06. The van der Waals surface area contributed by atoms with Crippen LogP contribution in [0.15, 0.2) is 36.8 Å². The normalized spacial score (nSPS) is 10.3. The molecule has 0 bridgehead atoms. The molecule has 17 heavy (non-hydrogen) atoms. The van der Waals surface area contributed by atoms with Crippen LogP contribution in [0.2, 0.25) is 0 Å². The Bertz CT molecular complexity index is 514. The van der Waals surface area contributed by atoms with Crippen LogP contribution in [0.3, 0.4) is 0 Å². The van der Waals surface area contributed by atoms with Crippen molar-refractivity contribution in [3.05, 3.63) is 45.9 Å². The molecule has 0 fully saturated rings. The summed E-state index contributed by atoms with van der Waals surface area (Å²) in [6.07, 6.45) is 3.43. The Morgan fingerprint density at radius 3 is 2.82 bits per heavy atom. The first kappa shape index (κ1) is 12.3. The van der Waals surface area contributed by atoms with Gasteiger partial charge in [-0.25, -0.2) is 9.97 Å². The van der Waals surface area contributed by atoms with Crippen LogP contribution in [-0.4, -0.2) is 16.5 Å². The van der Waals surface area contributed by atoms with E-state index in [0.29, 0.717) is 0 Å². The summed E-state index contributed by atoms with van der Waals surface area (Å²) in [6.45, 7) is 5.11.